The summed E-state index contributed by atoms with van der Waals surface area (Å²) < 4.78 is 5.17. The molecular weight excluding hydrogens is 372 g/mol. The number of rotatable bonds is 2. The van der Waals surface area contributed by atoms with Gasteiger partial charge < -0.3 is 25.2 Å². The molecule has 29 heavy (non-hydrogen) atoms. The maximum Gasteiger partial charge on any atom is 0.331 e. The molecule has 4 aliphatic carbocycles. The topological polar surface area (TPSA) is 107 Å². The van der Waals surface area contributed by atoms with Crippen molar-refractivity contribution in [3.8, 4) is 0 Å². The molecule has 0 bridgehead atoms. The average molecular weight is 407 g/mol. The molecule has 6 nitrogen and oxygen atoms in total. The van der Waals surface area contributed by atoms with Crippen LogP contribution in [0.1, 0.15) is 64.7 Å². The fourth-order valence-corrected chi connectivity index (χ4v) is 8.52. The van der Waals surface area contributed by atoms with E-state index in [0.717, 1.165) is 24.8 Å². The Labute approximate surface area is 172 Å². The van der Waals surface area contributed by atoms with Crippen LogP contribution in [0.4, 0.5) is 0 Å². The van der Waals surface area contributed by atoms with Gasteiger partial charge >= 0.3 is 5.97 Å². The summed E-state index contributed by atoms with van der Waals surface area (Å²) in [5.74, 6) is -0.0760. The molecule has 8 atom stereocenters. The number of carbonyl (C=O) groups is 1. The molecule has 0 aromatic rings. The summed E-state index contributed by atoms with van der Waals surface area (Å²) in [6.07, 6.45) is 7.02. The van der Waals surface area contributed by atoms with Gasteiger partial charge in [-0.25, -0.2) is 4.79 Å². The second-order valence-corrected chi connectivity index (χ2v) is 10.8. The lowest BCUT2D eigenvalue weighted by molar-refractivity contribution is -0.269. The Hall–Kier alpha value is -0.950. The van der Waals surface area contributed by atoms with Crippen LogP contribution in [-0.4, -0.2) is 56.9 Å². The van der Waals surface area contributed by atoms with Crippen LogP contribution < -0.4 is 0 Å². The van der Waals surface area contributed by atoms with Crippen molar-refractivity contribution in [2.45, 2.75) is 82.0 Å². The third kappa shape index (κ3) is 2.40. The second kappa shape index (κ2) is 6.28. The molecule has 162 valence electrons. The molecule has 0 saturated heterocycles. The minimum Gasteiger partial charge on any atom is -0.458 e. The largest absolute Gasteiger partial charge is 0.458 e. The molecular formula is C23H34O6. The zero-order valence-corrected chi connectivity index (χ0v) is 17.3. The third-order valence-electron chi connectivity index (χ3n) is 10.1. The van der Waals surface area contributed by atoms with Crippen LogP contribution in [-0.2, 0) is 9.53 Å². The molecule has 0 spiro atoms. The number of fused-ring (bicyclic) bond motifs is 5. The maximum atomic E-state index is 12.1. The Bertz CT molecular complexity index is 750. The summed E-state index contributed by atoms with van der Waals surface area (Å²) in [6.45, 7) is 2.41. The van der Waals surface area contributed by atoms with Crippen molar-refractivity contribution in [1.29, 1.82) is 0 Å². The molecule has 0 aromatic heterocycles. The average Bonchev–Trinajstić information content (AvgIpc) is 3.21. The zero-order chi connectivity index (χ0) is 20.7. The molecule has 0 radical (unpaired) electrons. The van der Waals surface area contributed by atoms with Crippen LogP contribution in [0.2, 0.25) is 0 Å². The van der Waals surface area contributed by atoms with E-state index < -0.39 is 22.7 Å². The van der Waals surface area contributed by atoms with Crippen LogP contribution in [0, 0.1) is 28.6 Å². The number of hydrogen-bond donors (Lipinski definition) is 4. The lowest BCUT2D eigenvalue weighted by atomic mass is 9.41. The van der Waals surface area contributed by atoms with Crippen LogP contribution in [0.15, 0.2) is 11.6 Å². The van der Waals surface area contributed by atoms with Crippen molar-refractivity contribution in [3.05, 3.63) is 11.6 Å². The number of aliphatic hydroxyl groups is 4. The first-order valence-electron chi connectivity index (χ1n) is 11.3. The van der Waals surface area contributed by atoms with E-state index in [2.05, 4.69) is 6.92 Å². The van der Waals surface area contributed by atoms with Crippen molar-refractivity contribution in [1.82, 2.24) is 0 Å². The lowest BCUT2D eigenvalue weighted by Crippen LogP contribution is -2.69. The van der Waals surface area contributed by atoms with Gasteiger partial charge in [0.2, 0.25) is 0 Å². The zero-order valence-electron chi connectivity index (χ0n) is 17.3. The van der Waals surface area contributed by atoms with Crippen LogP contribution in [0.3, 0.4) is 0 Å². The van der Waals surface area contributed by atoms with Crippen molar-refractivity contribution in [2.75, 3.05) is 13.2 Å². The van der Waals surface area contributed by atoms with Crippen molar-refractivity contribution >= 4 is 5.97 Å². The van der Waals surface area contributed by atoms with E-state index in [-0.39, 0.29) is 35.7 Å². The van der Waals surface area contributed by atoms with Crippen LogP contribution in [0.5, 0.6) is 0 Å². The van der Waals surface area contributed by atoms with E-state index in [1.807, 2.05) is 0 Å². The van der Waals surface area contributed by atoms with Gasteiger partial charge in [0.05, 0.1) is 23.9 Å². The highest BCUT2D eigenvalue weighted by Gasteiger charge is 2.71. The minimum absolute atomic E-state index is 0.0209. The Morgan fingerprint density at radius 3 is 2.52 bits per heavy atom. The number of carbonyl (C=O) groups excluding carboxylic acids is 1. The highest BCUT2D eigenvalue weighted by Crippen LogP contribution is 2.70. The first-order valence-corrected chi connectivity index (χ1v) is 11.3. The summed E-state index contributed by atoms with van der Waals surface area (Å²) in [5.41, 5.74) is -1.88. The molecule has 5 aliphatic rings. The first-order chi connectivity index (χ1) is 13.7. The predicted octanol–water partition coefficient (Wildman–Crippen LogP) is 1.69. The fourth-order valence-electron chi connectivity index (χ4n) is 8.52. The molecule has 4 N–H and O–H groups in total. The minimum atomic E-state index is -1.06. The molecule has 1 aliphatic heterocycles. The highest BCUT2D eigenvalue weighted by atomic mass is 16.5. The second-order valence-electron chi connectivity index (χ2n) is 10.8. The number of cyclic esters (lactones) is 1. The van der Waals surface area contributed by atoms with E-state index in [1.54, 1.807) is 6.08 Å². The standard InChI is InChI=1S/C23H34O6/c1-20-6-3-17-18(4-8-22(27)11-15(25)2-7-21(17,22)13-24)23(20,28)9-5-16(20)14-10-19(26)29-12-14/h10,15-18,24-25,27-28H,2-9,11-13H2,1H3/t15-,16+,17+,18-,20-,21+,22+,23+/m1/s1. The predicted molar refractivity (Wildman–Crippen MR) is 105 cm³/mol. The Morgan fingerprint density at radius 2 is 1.83 bits per heavy atom. The van der Waals surface area contributed by atoms with Gasteiger partial charge in [-0.3, -0.25) is 0 Å². The quantitative estimate of drug-likeness (QED) is 0.520. The van der Waals surface area contributed by atoms with Crippen molar-refractivity contribution < 1.29 is 30.0 Å². The smallest absolute Gasteiger partial charge is 0.331 e. The number of esters is 1. The Morgan fingerprint density at radius 1 is 1.07 bits per heavy atom. The summed E-state index contributed by atoms with van der Waals surface area (Å²) in [7, 11) is 0. The summed E-state index contributed by atoms with van der Waals surface area (Å²) >= 11 is 0. The fraction of sp³-hybridized carbons (Fsp3) is 0.870. The molecule has 0 amide bonds. The van der Waals surface area contributed by atoms with E-state index >= 15 is 0 Å². The summed E-state index contributed by atoms with van der Waals surface area (Å²) in [5, 5.41) is 44.4. The molecule has 0 aromatic carbocycles. The third-order valence-corrected chi connectivity index (χ3v) is 10.1. The van der Waals surface area contributed by atoms with Crippen LogP contribution >= 0.6 is 0 Å². The van der Waals surface area contributed by atoms with Gasteiger partial charge in [0.1, 0.15) is 6.61 Å². The maximum absolute atomic E-state index is 12.1. The van der Waals surface area contributed by atoms with Crippen molar-refractivity contribution in [3.63, 3.8) is 0 Å². The monoisotopic (exact) mass is 406 g/mol. The number of ether oxygens (including phenoxy) is 1. The lowest BCUT2D eigenvalue weighted by Gasteiger charge is -2.66. The number of hydrogen-bond acceptors (Lipinski definition) is 6. The van der Waals surface area contributed by atoms with E-state index in [0.29, 0.717) is 45.1 Å². The molecule has 0 unspecified atom stereocenters. The molecule has 4 fully saturated rings. The Balaban J connectivity index is 1.51. The molecule has 4 saturated carbocycles. The van der Waals surface area contributed by atoms with Gasteiger partial charge in [-0.05, 0) is 74.7 Å². The molecule has 5 rings (SSSR count). The van der Waals surface area contributed by atoms with E-state index in [9.17, 15) is 25.2 Å². The number of aliphatic hydroxyl groups excluding tert-OH is 2. The van der Waals surface area contributed by atoms with Crippen LogP contribution in [0.25, 0.3) is 0 Å². The molecule has 1 heterocycles. The van der Waals surface area contributed by atoms with Gasteiger partial charge in [-0.2, -0.15) is 0 Å². The van der Waals surface area contributed by atoms with E-state index in [4.69, 9.17) is 4.74 Å². The van der Waals surface area contributed by atoms with Gasteiger partial charge in [0.25, 0.3) is 0 Å². The SMILES string of the molecule is C[C@]12CC[C@H]3[C@@H](CC[C@]4(O)C[C@H](O)CC[C@]34CO)[C@@]1(O)CC[C@H]2C1=CC(=O)OC1. The summed E-state index contributed by atoms with van der Waals surface area (Å²) in [6, 6.07) is 0. The summed E-state index contributed by atoms with van der Waals surface area (Å²) in [4.78, 5) is 11.6. The first kappa shape index (κ1) is 20.0. The normalized spacial score (nSPS) is 54.2. The highest BCUT2D eigenvalue weighted by molar-refractivity contribution is 5.85. The van der Waals surface area contributed by atoms with Crippen molar-refractivity contribution in [2.24, 2.45) is 28.6 Å². The van der Waals surface area contributed by atoms with Gasteiger partial charge in [-0.15, -0.1) is 0 Å². The van der Waals surface area contributed by atoms with Gasteiger partial charge in [0, 0.05) is 23.3 Å². The van der Waals surface area contributed by atoms with Gasteiger partial charge in [0.15, 0.2) is 0 Å². The molecule has 6 heteroatoms. The van der Waals surface area contributed by atoms with E-state index in [1.165, 1.54) is 0 Å². The Kier molecular flexibility index (Phi) is 4.33. The van der Waals surface area contributed by atoms with Gasteiger partial charge in [-0.1, -0.05) is 6.92 Å².